The molecule has 1 atom stereocenters. The number of amides is 2. The molecule has 0 aliphatic carbocycles. The molecule has 1 rings (SSSR count). The van der Waals surface area contributed by atoms with Crippen molar-refractivity contribution in [3.05, 3.63) is 12.2 Å². The maximum absolute atomic E-state index is 11.6. The molecule has 8 nitrogen and oxygen atoms in total. The first-order valence-electron chi connectivity index (χ1n) is 5.99. The summed E-state index contributed by atoms with van der Waals surface area (Å²) in [7, 11) is 1.73. The summed E-state index contributed by atoms with van der Waals surface area (Å²) in [6.45, 7) is 3.91. The van der Waals surface area contributed by atoms with E-state index in [0.29, 0.717) is 5.82 Å². The van der Waals surface area contributed by atoms with Crippen LogP contribution in [0.15, 0.2) is 6.33 Å². The van der Waals surface area contributed by atoms with Crippen molar-refractivity contribution < 1.29 is 14.7 Å². The minimum Gasteiger partial charge on any atom is -0.481 e. The average Bonchev–Trinajstić information content (AvgIpc) is 2.71. The van der Waals surface area contributed by atoms with E-state index in [1.54, 1.807) is 7.05 Å². The number of urea groups is 1. The van der Waals surface area contributed by atoms with Gasteiger partial charge in [0.25, 0.3) is 0 Å². The summed E-state index contributed by atoms with van der Waals surface area (Å²) in [5, 5.41) is 18.0. The number of hydrogen-bond acceptors (Lipinski definition) is 4. The second kappa shape index (κ2) is 6.72. The molecule has 8 heteroatoms. The molecule has 106 valence electrons. The van der Waals surface area contributed by atoms with Gasteiger partial charge >= 0.3 is 12.0 Å². The van der Waals surface area contributed by atoms with Crippen molar-refractivity contribution in [2.75, 3.05) is 0 Å². The Labute approximate surface area is 111 Å². The molecule has 0 aromatic carbocycles. The molecular formula is C11H19N5O3. The number of rotatable bonds is 6. The van der Waals surface area contributed by atoms with Crippen LogP contribution in [0.3, 0.4) is 0 Å². The first-order chi connectivity index (χ1) is 8.88. The van der Waals surface area contributed by atoms with E-state index in [1.807, 2.05) is 13.8 Å². The Morgan fingerprint density at radius 1 is 1.47 bits per heavy atom. The second-order valence-electron chi connectivity index (χ2n) is 4.61. The van der Waals surface area contributed by atoms with Gasteiger partial charge in [-0.05, 0) is 5.92 Å². The molecule has 1 heterocycles. The third kappa shape index (κ3) is 5.36. The van der Waals surface area contributed by atoms with Gasteiger partial charge in [0, 0.05) is 13.1 Å². The Kier molecular flexibility index (Phi) is 5.28. The van der Waals surface area contributed by atoms with Gasteiger partial charge in [0.1, 0.15) is 6.33 Å². The predicted molar refractivity (Wildman–Crippen MR) is 67.3 cm³/mol. The van der Waals surface area contributed by atoms with Crippen LogP contribution in [-0.2, 0) is 18.4 Å². The number of aryl methyl sites for hydroxylation is 1. The number of carboxylic acid groups (broad SMARTS) is 1. The van der Waals surface area contributed by atoms with Crippen molar-refractivity contribution in [1.82, 2.24) is 25.4 Å². The quantitative estimate of drug-likeness (QED) is 0.679. The normalized spacial score (nSPS) is 12.2. The lowest BCUT2D eigenvalue weighted by atomic mass is 10.0. The van der Waals surface area contributed by atoms with Crippen LogP contribution >= 0.6 is 0 Å². The van der Waals surface area contributed by atoms with Gasteiger partial charge in [-0.3, -0.25) is 9.48 Å². The molecule has 1 unspecified atom stereocenters. The van der Waals surface area contributed by atoms with Gasteiger partial charge in [0.15, 0.2) is 5.82 Å². The Balaban J connectivity index is 2.42. The highest BCUT2D eigenvalue weighted by atomic mass is 16.4. The molecular weight excluding hydrogens is 250 g/mol. The van der Waals surface area contributed by atoms with Crippen LogP contribution < -0.4 is 10.6 Å². The summed E-state index contributed by atoms with van der Waals surface area (Å²) in [6.07, 6.45) is 1.43. The fourth-order valence-corrected chi connectivity index (χ4v) is 1.49. The number of carbonyl (C=O) groups is 2. The van der Waals surface area contributed by atoms with Crippen LogP contribution in [0.25, 0.3) is 0 Å². The first-order valence-corrected chi connectivity index (χ1v) is 5.99. The Hall–Kier alpha value is -2.12. The molecule has 2 amide bonds. The number of aliphatic carboxylic acids is 1. The summed E-state index contributed by atoms with van der Waals surface area (Å²) in [5.41, 5.74) is 0. The fourth-order valence-electron chi connectivity index (χ4n) is 1.49. The standard InChI is InChI=1S/C11H19N5O3/c1-7(2)8(4-10(17)18)14-11(19)12-5-9-13-6-16(3)15-9/h6-8H,4-5H2,1-3H3,(H,17,18)(H2,12,14,19). The van der Waals surface area contributed by atoms with E-state index in [1.165, 1.54) is 11.0 Å². The van der Waals surface area contributed by atoms with Crippen LogP contribution in [-0.4, -0.2) is 37.9 Å². The third-order valence-electron chi connectivity index (χ3n) is 2.57. The molecule has 0 spiro atoms. The highest BCUT2D eigenvalue weighted by molar-refractivity contribution is 5.75. The summed E-state index contributed by atoms with van der Waals surface area (Å²) in [6, 6.07) is -0.832. The van der Waals surface area contributed by atoms with Crippen molar-refractivity contribution in [3.8, 4) is 0 Å². The van der Waals surface area contributed by atoms with Crippen LogP contribution in [0.4, 0.5) is 4.79 Å². The van der Waals surface area contributed by atoms with Crippen LogP contribution in [0, 0.1) is 5.92 Å². The van der Waals surface area contributed by atoms with Gasteiger partial charge in [-0.15, -0.1) is 0 Å². The lowest BCUT2D eigenvalue weighted by Crippen LogP contribution is -2.45. The number of nitrogens with one attached hydrogen (secondary N) is 2. The SMILES string of the molecule is CC(C)C(CC(=O)O)NC(=O)NCc1ncn(C)n1. The lowest BCUT2D eigenvalue weighted by molar-refractivity contribution is -0.137. The fraction of sp³-hybridized carbons (Fsp3) is 0.636. The molecule has 0 aliphatic rings. The van der Waals surface area contributed by atoms with E-state index >= 15 is 0 Å². The van der Waals surface area contributed by atoms with Crippen molar-refractivity contribution in [2.24, 2.45) is 13.0 Å². The zero-order valence-electron chi connectivity index (χ0n) is 11.3. The second-order valence-corrected chi connectivity index (χ2v) is 4.61. The summed E-state index contributed by atoms with van der Waals surface area (Å²) >= 11 is 0. The molecule has 0 saturated heterocycles. The topological polar surface area (TPSA) is 109 Å². The Morgan fingerprint density at radius 3 is 2.63 bits per heavy atom. The highest BCUT2D eigenvalue weighted by Crippen LogP contribution is 2.05. The molecule has 1 aromatic rings. The van der Waals surface area contributed by atoms with Gasteiger partial charge in [0.05, 0.1) is 13.0 Å². The maximum atomic E-state index is 11.6. The zero-order chi connectivity index (χ0) is 14.4. The van der Waals surface area contributed by atoms with Gasteiger partial charge < -0.3 is 15.7 Å². The van der Waals surface area contributed by atoms with Gasteiger partial charge in [-0.1, -0.05) is 13.8 Å². The highest BCUT2D eigenvalue weighted by Gasteiger charge is 2.19. The van der Waals surface area contributed by atoms with Crippen molar-refractivity contribution in [1.29, 1.82) is 0 Å². The molecule has 0 bridgehead atoms. The van der Waals surface area contributed by atoms with Crippen molar-refractivity contribution >= 4 is 12.0 Å². The lowest BCUT2D eigenvalue weighted by Gasteiger charge is -2.20. The number of hydrogen-bond donors (Lipinski definition) is 3. The van der Waals surface area contributed by atoms with Crippen LogP contribution in [0.2, 0.25) is 0 Å². The van der Waals surface area contributed by atoms with Gasteiger partial charge in [-0.25, -0.2) is 9.78 Å². The summed E-state index contributed by atoms with van der Waals surface area (Å²) < 4.78 is 1.54. The molecule has 3 N–H and O–H groups in total. The van der Waals surface area contributed by atoms with Gasteiger partial charge in [-0.2, -0.15) is 5.10 Å². The van der Waals surface area contributed by atoms with E-state index in [9.17, 15) is 9.59 Å². The van der Waals surface area contributed by atoms with Crippen molar-refractivity contribution in [3.63, 3.8) is 0 Å². The van der Waals surface area contributed by atoms with E-state index < -0.39 is 18.0 Å². The Bertz CT molecular complexity index is 443. The number of carboxylic acids is 1. The first kappa shape index (κ1) is 14.9. The van der Waals surface area contributed by atoms with Crippen molar-refractivity contribution in [2.45, 2.75) is 32.9 Å². The number of carbonyl (C=O) groups excluding carboxylic acids is 1. The largest absolute Gasteiger partial charge is 0.481 e. The molecule has 19 heavy (non-hydrogen) atoms. The third-order valence-corrected chi connectivity index (χ3v) is 2.57. The monoisotopic (exact) mass is 269 g/mol. The van der Waals surface area contributed by atoms with Gasteiger partial charge in [0.2, 0.25) is 0 Å². The van der Waals surface area contributed by atoms with Crippen LogP contribution in [0.5, 0.6) is 0 Å². The minimum absolute atomic E-state index is 0.0369. The summed E-state index contributed by atoms with van der Waals surface area (Å²) in [4.78, 5) is 26.3. The number of aromatic nitrogens is 3. The molecule has 0 aliphatic heterocycles. The van der Waals surface area contributed by atoms with E-state index in [-0.39, 0.29) is 18.9 Å². The van der Waals surface area contributed by atoms with E-state index in [0.717, 1.165) is 0 Å². The van der Waals surface area contributed by atoms with E-state index in [4.69, 9.17) is 5.11 Å². The van der Waals surface area contributed by atoms with E-state index in [2.05, 4.69) is 20.7 Å². The predicted octanol–water partition coefficient (Wildman–Crippen LogP) is 0.114. The molecule has 0 fully saturated rings. The minimum atomic E-state index is -0.939. The molecule has 1 aromatic heterocycles. The van der Waals surface area contributed by atoms with Crippen LogP contribution in [0.1, 0.15) is 26.1 Å². The Morgan fingerprint density at radius 2 is 2.16 bits per heavy atom. The molecule has 0 saturated carbocycles. The zero-order valence-corrected chi connectivity index (χ0v) is 11.3. The summed E-state index contributed by atoms with van der Waals surface area (Å²) in [5.74, 6) is -0.405. The maximum Gasteiger partial charge on any atom is 0.315 e. The number of nitrogens with zero attached hydrogens (tertiary/aromatic N) is 3. The average molecular weight is 269 g/mol. The molecule has 0 radical (unpaired) electrons. The smallest absolute Gasteiger partial charge is 0.315 e.